The van der Waals surface area contributed by atoms with E-state index in [1.807, 2.05) is 7.05 Å². The molecule has 1 saturated carbocycles. The molecule has 0 N–H and O–H groups in total. The molecular weight excluding hydrogens is 529 g/mol. The summed E-state index contributed by atoms with van der Waals surface area (Å²) in [6.45, 7) is 0.115. The fourth-order valence-electron chi connectivity index (χ4n) is 4.32. The molecule has 0 bridgehead atoms. The van der Waals surface area contributed by atoms with Gasteiger partial charge in [0.15, 0.2) is 22.7 Å². The van der Waals surface area contributed by atoms with Crippen LogP contribution in [0, 0.1) is 0 Å². The van der Waals surface area contributed by atoms with Crippen molar-refractivity contribution in [2.24, 2.45) is 7.05 Å². The first kappa shape index (κ1) is 25.5. The van der Waals surface area contributed by atoms with Crippen molar-refractivity contribution in [3.63, 3.8) is 0 Å². The van der Waals surface area contributed by atoms with Gasteiger partial charge >= 0.3 is 6.18 Å². The van der Waals surface area contributed by atoms with Crippen LogP contribution in [0.4, 0.5) is 13.2 Å². The van der Waals surface area contributed by atoms with Gasteiger partial charge in [0.2, 0.25) is 17.6 Å². The molecule has 6 rings (SSSR count). The Morgan fingerprint density at radius 1 is 0.975 bits per heavy atom. The maximum absolute atomic E-state index is 13.1. The van der Waals surface area contributed by atoms with Crippen LogP contribution in [0.2, 0.25) is 0 Å². The molecule has 4 heterocycles. The quantitative estimate of drug-likeness (QED) is 0.274. The normalized spacial score (nSPS) is 13.6. The molecule has 1 fully saturated rings. The highest BCUT2D eigenvalue weighted by atomic mass is 19.4. The highest BCUT2D eigenvalue weighted by Crippen LogP contribution is 2.45. The van der Waals surface area contributed by atoms with Crippen LogP contribution in [0.1, 0.15) is 35.7 Å². The molecule has 0 saturated heterocycles. The van der Waals surface area contributed by atoms with Crippen molar-refractivity contribution in [3.05, 3.63) is 59.9 Å². The van der Waals surface area contributed by atoms with Gasteiger partial charge in [-0.05, 0) is 30.5 Å². The first-order chi connectivity index (χ1) is 19.3. The minimum absolute atomic E-state index is 0.0340. The highest BCUT2D eigenvalue weighted by Gasteiger charge is 2.35. The summed E-state index contributed by atoms with van der Waals surface area (Å²) in [5.41, 5.74) is 2.60. The summed E-state index contributed by atoms with van der Waals surface area (Å²) in [7, 11) is 4.65. The van der Waals surface area contributed by atoms with Gasteiger partial charge in [-0.3, -0.25) is 0 Å². The minimum atomic E-state index is -4.59. The fourth-order valence-corrected chi connectivity index (χ4v) is 4.32. The number of hydrogen-bond acceptors (Lipinski definition) is 9. The van der Waals surface area contributed by atoms with Crippen molar-refractivity contribution in [2.75, 3.05) is 14.2 Å². The Morgan fingerprint density at radius 3 is 2.42 bits per heavy atom. The fraction of sp³-hybridized carbons (Fsp3) is 0.308. The van der Waals surface area contributed by atoms with Crippen LogP contribution in [0.25, 0.3) is 28.2 Å². The third-order valence-corrected chi connectivity index (χ3v) is 6.48. The van der Waals surface area contributed by atoms with E-state index in [9.17, 15) is 13.2 Å². The molecule has 5 aromatic rings. The lowest BCUT2D eigenvalue weighted by atomic mass is 10.1. The Kier molecular flexibility index (Phi) is 6.24. The van der Waals surface area contributed by atoms with E-state index in [2.05, 4.69) is 25.0 Å². The summed E-state index contributed by atoms with van der Waals surface area (Å²) in [5.74, 6) is 1.27. The van der Waals surface area contributed by atoms with Gasteiger partial charge in [0.25, 0.3) is 0 Å². The average molecular weight is 553 g/mol. The second-order valence-corrected chi connectivity index (χ2v) is 9.23. The summed E-state index contributed by atoms with van der Waals surface area (Å²) < 4.78 is 59.0. The summed E-state index contributed by atoms with van der Waals surface area (Å²) in [6, 6.07) is 7.55. The van der Waals surface area contributed by atoms with Gasteiger partial charge in [-0.2, -0.15) is 23.3 Å². The summed E-state index contributed by atoms with van der Waals surface area (Å²) in [5, 5.41) is 3.65. The Morgan fingerprint density at radius 2 is 1.75 bits per heavy atom. The number of imidazole rings is 1. The van der Waals surface area contributed by atoms with Gasteiger partial charge in [-0.1, -0.05) is 12.1 Å². The first-order valence-corrected chi connectivity index (χ1v) is 12.3. The van der Waals surface area contributed by atoms with Gasteiger partial charge in [0.1, 0.15) is 18.5 Å². The lowest BCUT2D eigenvalue weighted by molar-refractivity contribution is -0.141. The molecule has 40 heavy (non-hydrogen) atoms. The molecular formula is C26H23F3N8O3. The molecule has 14 heteroatoms. The standard InChI is InChI=1S/C26H23F3N8O3/c1-36-13-32-21-23(36)33-22(19-20(15-6-7-15)30-12-31-24(19)39-3)34-25(21)40-11-14-4-8-16(9-5-14)37-18(38-2)10-17(35-37)26(27,28)29/h4-5,8-10,12-13,15H,6-7,11H2,1-3H3. The zero-order valence-corrected chi connectivity index (χ0v) is 21.7. The lowest BCUT2D eigenvalue weighted by Gasteiger charge is -2.13. The Hall–Kier alpha value is -4.75. The molecule has 4 aromatic heterocycles. The number of ether oxygens (including phenoxy) is 3. The molecule has 0 aliphatic heterocycles. The van der Waals surface area contributed by atoms with Crippen molar-refractivity contribution in [1.29, 1.82) is 0 Å². The number of benzene rings is 1. The lowest BCUT2D eigenvalue weighted by Crippen LogP contribution is -2.07. The van der Waals surface area contributed by atoms with Crippen molar-refractivity contribution < 1.29 is 27.4 Å². The Balaban J connectivity index is 1.31. The number of fused-ring (bicyclic) bond motifs is 1. The third-order valence-electron chi connectivity index (χ3n) is 6.48. The zero-order valence-electron chi connectivity index (χ0n) is 21.7. The predicted octanol–water partition coefficient (Wildman–Crippen LogP) is 4.50. The Bertz CT molecular complexity index is 1690. The van der Waals surface area contributed by atoms with E-state index >= 15 is 0 Å². The summed E-state index contributed by atoms with van der Waals surface area (Å²) >= 11 is 0. The largest absolute Gasteiger partial charge is 0.481 e. The predicted molar refractivity (Wildman–Crippen MR) is 135 cm³/mol. The number of alkyl halides is 3. The maximum Gasteiger partial charge on any atom is 0.435 e. The van der Waals surface area contributed by atoms with E-state index < -0.39 is 11.9 Å². The number of rotatable bonds is 8. The summed E-state index contributed by atoms with van der Waals surface area (Å²) in [6.07, 6.45) is 0.542. The van der Waals surface area contributed by atoms with Crippen LogP contribution in [0.3, 0.4) is 0 Å². The number of aromatic nitrogens is 8. The molecule has 0 atom stereocenters. The van der Waals surface area contributed by atoms with Crippen LogP contribution >= 0.6 is 0 Å². The monoisotopic (exact) mass is 552 g/mol. The van der Waals surface area contributed by atoms with E-state index in [0.717, 1.165) is 34.8 Å². The van der Waals surface area contributed by atoms with E-state index in [4.69, 9.17) is 19.2 Å². The molecule has 206 valence electrons. The van der Waals surface area contributed by atoms with Crippen molar-refractivity contribution in [3.8, 4) is 34.7 Å². The molecule has 0 spiro atoms. The SMILES string of the molecule is COc1ncnc(C2CC2)c1-c1nc(OCc2ccc(-n3nc(C(F)(F)F)cc3OC)cc2)c2ncn(C)c2n1. The maximum atomic E-state index is 13.1. The average Bonchev–Trinajstić information content (AvgIpc) is 3.60. The van der Waals surface area contributed by atoms with Gasteiger partial charge in [-0.25, -0.2) is 24.6 Å². The number of aryl methyl sites for hydroxylation is 1. The highest BCUT2D eigenvalue weighted by molar-refractivity contribution is 5.80. The van der Waals surface area contributed by atoms with E-state index in [0.29, 0.717) is 40.0 Å². The smallest absolute Gasteiger partial charge is 0.435 e. The minimum Gasteiger partial charge on any atom is -0.481 e. The van der Waals surface area contributed by atoms with E-state index in [1.165, 1.54) is 20.5 Å². The van der Waals surface area contributed by atoms with Crippen LogP contribution in [-0.2, 0) is 19.8 Å². The first-order valence-electron chi connectivity index (χ1n) is 12.3. The van der Waals surface area contributed by atoms with Crippen LogP contribution < -0.4 is 14.2 Å². The second-order valence-electron chi connectivity index (χ2n) is 9.23. The third kappa shape index (κ3) is 4.65. The van der Waals surface area contributed by atoms with Crippen molar-refractivity contribution in [1.82, 2.24) is 39.3 Å². The summed E-state index contributed by atoms with van der Waals surface area (Å²) in [4.78, 5) is 22.6. The van der Waals surface area contributed by atoms with E-state index in [1.54, 1.807) is 35.2 Å². The van der Waals surface area contributed by atoms with Crippen LogP contribution in [0.15, 0.2) is 43.0 Å². The van der Waals surface area contributed by atoms with Crippen LogP contribution in [0.5, 0.6) is 17.6 Å². The molecule has 0 radical (unpaired) electrons. The number of nitrogens with zero attached hydrogens (tertiary/aromatic N) is 8. The van der Waals surface area contributed by atoms with Crippen molar-refractivity contribution in [2.45, 2.75) is 31.5 Å². The Labute approximate surface area is 225 Å². The molecule has 1 aliphatic carbocycles. The van der Waals surface area contributed by atoms with Gasteiger partial charge in [0.05, 0.1) is 31.9 Å². The van der Waals surface area contributed by atoms with Gasteiger partial charge in [0, 0.05) is 19.0 Å². The molecule has 0 unspecified atom stereocenters. The molecule has 1 aliphatic rings. The zero-order chi connectivity index (χ0) is 28.0. The topological polar surface area (TPSA) is 115 Å². The van der Waals surface area contributed by atoms with Gasteiger partial charge < -0.3 is 18.8 Å². The molecule has 11 nitrogen and oxygen atoms in total. The van der Waals surface area contributed by atoms with E-state index in [-0.39, 0.29) is 18.4 Å². The van der Waals surface area contributed by atoms with Gasteiger partial charge in [-0.15, -0.1) is 0 Å². The number of methoxy groups -OCH3 is 2. The number of hydrogen-bond donors (Lipinski definition) is 0. The number of halogens is 3. The van der Waals surface area contributed by atoms with Crippen molar-refractivity contribution >= 4 is 11.2 Å². The second kappa shape index (κ2) is 9.77. The molecule has 0 amide bonds. The molecule has 1 aromatic carbocycles. The van der Waals surface area contributed by atoms with Crippen LogP contribution in [-0.4, -0.2) is 53.5 Å².